The first kappa shape index (κ1) is 16.8. The van der Waals surface area contributed by atoms with E-state index in [1.165, 1.54) is 7.11 Å². The normalized spacial score (nSPS) is 26.8. The summed E-state index contributed by atoms with van der Waals surface area (Å²) in [5, 5.41) is 2.76. The Kier molecular flexibility index (Phi) is 5.39. The van der Waals surface area contributed by atoms with E-state index in [0.717, 1.165) is 12.8 Å². The number of ether oxygens (including phenoxy) is 2. The van der Waals surface area contributed by atoms with Crippen molar-refractivity contribution in [2.45, 2.75) is 57.6 Å². The SMILES string of the molecule is COC(=O)C1(N)CCC(CNC(=O)OC(C)(C)C)CC1. The number of nitrogens with one attached hydrogen (secondary N) is 1. The zero-order chi connectivity index (χ0) is 15.4. The lowest BCUT2D eigenvalue weighted by atomic mass is 9.77. The highest BCUT2D eigenvalue weighted by Crippen LogP contribution is 2.30. The summed E-state index contributed by atoms with van der Waals surface area (Å²) in [5.74, 6) is -0.0279. The standard InChI is InChI=1S/C14H26N2O4/c1-13(2,3)20-12(18)16-9-10-5-7-14(15,8-6-10)11(17)19-4/h10H,5-9,15H2,1-4H3,(H,16,18). The third kappa shape index (κ3) is 5.00. The average Bonchev–Trinajstić information content (AvgIpc) is 2.35. The fourth-order valence-electron chi connectivity index (χ4n) is 2.35. The fourth-order valence-corrected chi connectivity index (χ4v) is 2.35. The van der Waals surface area contributed by atoms with Gasteiger partial charge in [-0.1, -0.05) is 0 Å². The average molecular weight is 286 g/mol. The van der Waals surface area contributed by atoms with E-state index < -0.39 is 17.2 Å². The predicted molar refractivity (Wildman–Crippen MR) is 75.1 cm³/mol. The van der Waals surface area contributed by atoms with Crippen molar-refractivity contribution in [2.75, 3.05) is 13.7 Å². The number of rotatable bonds is 3. The fraction of sp³-hybridized carbons (Fsp3) is 0.857. The number of methoxy groups -OCH3 is 1. The van der Waals surface area contributed by atoms with Gasteiger partial charge < -0.3 is 20.5 Å². The summed E-state index contributed by atoms with van der Waals surface area (Å²) in [7, 11) is 1.35. The zero-order valence-electron chi connectivity index (χ0n) is 12.8. The van der Waals surface area contributed by atoms with Crippen molar-refractivity contribution in [3.63, 3.8) is 0 Å². The molecular formula is C14H26N2O4. The van der Waals surface area contributed by atoms with Gasteiger partial charge in [-0.3, -0.25) is 4.79 Å². The summed E-state index contributed by atoms with van der Waals surface area (Å²) >= 11 is 0. The zero-order valence-corrected chi connectivity index (χ0v) is 12.8. The van der Waals surface area contributed by atoms with Crippen LogP contribution in [-0.4, -0.2) is 36.9 Å². The monoisotopic (exact) mass is 286 g/mol. The van der Waals surface area contributed by atoms with Crippen molar-refractivity contribution in [3.05, 3.63) is 0 Å². The van der Waals surface area contributed by atoms with Crippen LogP contribution in [0.3, 0.4) is 0 Å². The van der Waals surface area contributed by atoms with Crippen LogP contribution in [0.4, 0.5) is 4.79 Å². The van der Waals surface area contributed by atoms with Gasteiger partial charge >= 0.3 is 12.1 Å². The Morgan fingerprint density at radius 2 is 1.85 bits per heavy atom. The van der Waals surface area contributed by atoms with Gasteiger partial charge in [0.25, 0.3) is 0 Å². The lowest BCUT2D eigenvalue weighted by Gasteiger charge is -2.34. The highest BCUT2D eigenvalue weighted by molar-refractivity contribution is 5.80. The molecule has 1 aliphatic carbocycles. The van der Waals surface area contributed by atoms with Crippen LogP contribution in [0.2, 0.25) is 0 Å². The molecule has 0 atom stereocenters. The highest BCUT2D eigenvalue weighted by Gasteiger charge is 2.39. The molecule has 0 aromatic rings. The minimum Gasteiger partial charge on any atom is -0.468 e. The van der Waals surface area contributed by atoms with Gasteiger partial charge in [0.05, 0.1) is 7.11 Å². The van der Waals surface area contributed by atoms with Crippen LogP contribution >= 0.6 is 0 Å². The van der Waals surface area contributed by atoms with Gasteiger partial charge in [0, 0.05) is 6.54 Å². The molecule has 0 aromatic heterocycles. The molecule has 1 saturated carbocycles. The summed E-state index contributed by atoms with van der Waals surface area (Å²) in [6.45, 7) is 6.02. The van der Waals surface area contributed by atoms with Gasteiger partial charge in [0.15, 0.2) is 0 Å². The lowest BCUT2D eigenvalue weighted by Crippen LogP contribution is -2.52. The van der Waals surface area contributed by atoms with Gasteiger partial charge in [0.1, 0.15) is 11.1 Å². The maximum Gasteiger partial charge on any atom is 0.407 e. The molecule has 6 heteroatoms. The summed E-state index contributed by atoms with van der Waals surface area (Å²) in [4.78, 5) is 23.1. The van der Waals surface area contributed by atoms with Crippen molar-refractivity contribution in [2.24, 2.45) is 11.7 Å². The van der Waals surface area contributed by atoms with E-state index in [1.807, 2.05) is 20.8 Å². The van der Waals surface area contributed by atoms with Gasteiger partial charge in [-0.25, -0.2) is 4.79 Å². The Balaban J connectivity index is 2.33. The molecule has 0 aromatic carbocycles. The molecule has 3 N–H and O–H groups in total. The van der Waals surface area contributed by atoms with E-state index in [-0.39, 0.29) is 5.97 Å². The van der Waals surface area contributed by atoms with Crippen LogP contribution in [0, 0.1) is 5.92 Å². The number of nitrogens with two attached hydrogens (primary N) is 1. The summed E-state index contributed by atoms with van der Waals surface area (Å²) < 4.78 is 9.90. The molecule has 0 heterocycles. The smallest absolute Gasteiger partial charge is 0.407 e. The second kappa shape index (κ2) is 6.43. The number of esters is 1. The number of carbonyl (C=O) groups is 2. The molecule has 20 heavy (non-hydrogen) atoms. The first-order valence-corrected chi connectivity index (χ1v) is 7.00. The van der Waals surface area contributed by atoms with Crippen molar-refractivity contribution in [3.8, 4) is 0 Å². The Morgan fingerprint density at radius 3 is 2.30 bits per heavy atom. The van der Waals surface area contributed by atoms with Crippen molar-refractivity contribution in [1.82, 2.24) is 5.32 Å². The van der Waals surface area contributed by atoms with E-state index in [2.05, 4.69) is 5.32 Å². The van der Waals surface area contributed by atoms with E-state index in [9.17, 15) is 9.59 Å². The van der Waals surface area contributed by atoms with Crippen LogP contribution in [-0.2, 0) is 14.3 Å². The lowest BCUT2D eigenvalue weighted by molar-refractivity contribution is -0.148. The second-order valence-corrected chi connectivity index (χ2v) is 6.47. The Bertz CT molecular complexity index is 355. The summed E-state index contributed by atoms with van der Waals surface area (Å²) in [6, 6.07) is 0. The molecule has 6 nitrogen and oxygen atoms in total. The van der Waals surface area contributed by atoms with Gasteiger partial charge in [-0.2, -0.15) is 0 Å². The third-order valence-electron chi connectivity index (χ3n) is 3.52. The van der Waals surface area contributed by atoms with Gasteiger partial charge in [0.2, 0.25) is 0 Å². The van der Waals surface area contributed by atoms with Gasteiger partial charge in [-0.15, -0.1) is 0 Å². The molecule has 1 rings (SSSR count). The third-order valence-corrected chi connectivity index (χ3v) is 3.52. The van der Waals surface area contributed by atoms with E-state index in [4.69, 9.17) is 15.2 Å². The van der Waals surface area contributed by atoms with Crippen molar-refractivity contribution < 1.29 is 19.1 Å². The Morgan fingerprint density at radius 1 is 1.30 bits per heavy atom. The number of alkyl carbamates (subject to hydrolysis) is 1. The summed E-state index contributed by atoms with van der Waals surface area (Å²) in [5.41, 5.74) is 4.67. The highest BCUT2D eigenvalue weighted by atomic mass is 16.6. The number of carbonyl (C=O) groups excluding carboxylic acids is 2. The van der Waals surface area contributed by atoms with Gasteiger partial charge in [-0.05, 0) is 52.4 Å². The van der Waals surface area contributed by atoms with Crippen LogP contribution in [0.5, 0.6) is 0 Å². The maximum atomic E-state index is 11.6. The molecule has 0 spiro atoms. The largest absolute Gasteiger partial charge is 0.468 e. The molecule has 0 saturated heterocycles. The number of hydrogen-bond donors (Lipinski definition) is 2. The number of amides is 1. The van der Waals surface area contributed by atoms with E-state index in [1.54, 1.807) is 0 Å². The number of hydrogen-bond acceptors (Lipinski definition) is 5. The Labute approximate surface area is 120 Å². The molecule has 116 valence electrons. The topological polar surface area (TPSA) is 90.6 Å². The van der Waals surface area contributed by atoms with Crippen LogP contribution in [0.1, 0.15) is 46.5 Å². The molecule has 0 aliphatic heterocycles. The van der Waals surface area contributed by atoms with E-state index in [0.29, 0.717) is 25.3 Å². The molecule has 1 aliphatic rings. The minimum absolute atomic E-state index is 0.323. The molecule has 1 fully saturated rings. The first-order chi connectivity index (χ1) is 9.16. The quantitative estimate of drug-likeness (QED) is 0.769. The van der Waals surface area contributed by atoms with Crippen LogP contribution in [0.25, 0.3) is 0 Å². The minimum atomic E-state index is -0.864. The molecule has 0 bridgehead atoms. The van der Waals surface area contributed by atoms with Crippen LogP contribution < -0.4 is 11.1 Å². The molecule has 1 amide bonds. The molecule has 0 unspecified atom stereocenters. The maximum absolute atomic E-state index is 11.6. The Hall–Kier alpha value is -1.30. The van der Waals surface area contributed by atoms with Crippen molar-refractivity contribution in [1.29, 1.82) is 0 Å². The van der Waals surface area contributed by atoms with E-state index >= 15 is 0 Å². The first-order valence-electron chi connectivity index (χ1n) is 7.00. The molecular weight excluding hydrogens is 260 g/mol. The van der Waals surface area contributed by atoms with Crippen molar-refractivity contribution >= 4 is 12.1 Å². The van der Waals surface area contributed by atoms with Crippen LogP contribution in [0.15, 0.2) is 0 Å². The predicted octanol–water partition coefficient (Wildman–Crippen LogP) is 1.57. The summed E-state index contributed by atoms with van der Waals surface area (Å²) in [6.07, 6.45) is 2.35. The molecule has 0 radical (unpaired) electrons. The second-order valence-electron chi connectivity index (χ2n) is 6.47.